The highest BCUT2D eigenvalue weighted by Gasteiger charge is 2.07. The molecule has 0 atom stereocenters. The smallest absolute Gasteiger partial charge is 0.341 e. The van der Waals surface area contributed by atoms with Gasteiger partial charge >= 0.3 is 5.97 Å². The molecule has 0 radical (unpaired) electrons. The molecule has 2 N–H and O–H groups in total. The second kappa shape index (κ2) is 9.62. The highest BCUT2D eigenvalue weighted by atomic mass is 16.5. The predicted octanol–water partition coefficient (Wildman–Crippen LogP) is 3.87. The molecule has 0 saturated carbocycles. The number of rotatable bonds is 9. The summed E-state index contributed by atoms with van der Waals surface area (Å²) in [6.07, 6.45) is 0.958. The molecule has 0 heterocycles. The number of hydrogen-bond donors (Lipinski definition) is 2. The van der Waals surface area contributed by atoms with Gasteiger partial charge in [0.15, 0.2) is 6.61 Å². The van der Waals surface area contributed by atoms with Gasteiger partial charge in [-0.05, 0) is 74.2 Å². The molecule has 2 rings (SSSR count). The van der Waals surface area contributed by atoms with Crippen molar-refractivity contribution in [3.05, 3.63) is 53.1 Å². The molecule has 0 spiro atoms. The molecule has 2 aromatic carbocycles. The lowest BCUT2D eigenvalue weighted by Gasteiger charge is -2.11. The Morgan fingerprint density at radius 3 is 2.26 bits per heavy atom. The molecule has 144 valence electrons. The zero-order valence-electron chi connectivity index (χ0n) is 15.9. The number of carbonyl (C=O) groups excluding carboxylic acids is 1. The largest absolute Gasteiger partial charge is 0.494 e. The molecule has 0 saturated heterocycles. The molecule has 6 heteroatoms. The molecule has 0 aliphatic heterocycles. The van der Waals surface area contributed by atoms with Crippen molar-refractivity contribution in [2.45, 2.75) is 33.6 Å². The van der Waals surface area contributed by atoms with Crippen LogP contribution in [0.25, 0.3) is 0 Å². The molecule has 27 heavy (non-hydrogen) atoms. The Kier molecular flexibility index (Phi) is 7.23. The van der Waals surface area contributed by atoms with Gasteiger partial charge in [0.1, 0.15) is 11.5 Å². The average molecular weight is 371 g/mol. The number of benzene rings is 2. The van der Waals surface area contributed by atoms with Gasteiger partial charge in [-0.25, -0.2) is 4.79 Å². The third kappa shape index (κ3) is 6.66. The van der Waals surface area contributed by atoms with E-state index in [9.17, 15) is 9.59 Å². The second-order valence-electron chi connectivity index (χ2n) is 6.41. The Morgan fingerprint density at radius 1 is 0.926 bits per heavy atom. The summed E-state index contributed by atoms with van der Waals surface area (Å²) in [6, 6.07) is 11.0. The van der Waals surface area contributed by atoms with E-state index < -0.39 is 12.6 Å². The topological polar surface area (TPSA) is 84.9 Å². The third-order valence-electron chi connectivity index (χ3n) is 4.13. The SMILES string of the molecule is Cc1ccc(OCCCC(=O)Nc2ccc(OCC(=O)O)cc2C)cc1C. The maximum atomic E-state index is 12.1. The van der Waals surface area contributed by atoms with Crippen molar-refractivity contribution in [2.75, 3.05) is 18.5 Å². The van der Waals surface area contributed by atoms with Gasteiger partial charge in [-0.1, -0.05) is 6.07 Å². The number of carbonyl (C=O) groups is 2. The Hall–Kier alpha value is -3.02. The minimum atomic E-state index is -1.03. The van der Waals surface area contributed by atoms with Crippen LogP contribution in [0.5, 0.6) is 11.5 Å². The number of amides is 1. The van der Waals surface area contributed by atoms with Gasteiger partial charge in [0.05, 0.1) is 6.61 Å². The summed E-state index contributed by atoms with van der Waals surface area (Å²) >= 11 is 0. The van der Waals surface area contributed by atoms with Gasteiger partial charge in [0.2, 0.25) is 5.91 Å². The number of aliphatic carboxylic acids is 1. The standard InChI is InChI=1S/C21H25NO5/c1-14-6-7-17(11-15(14)2)26-10-4-5-20(23)22-19-9-8-18(12-16(19)3)27-13-21(24)25/h6-9,11-12H,4-5,10,13H2,1-3H3,(H,22,23)(H,24,25). The average Bonchev–Trinajstić information content (AvgIpc) is 2.62. The molecular weight excluding hydrogens is 346 g/mol. The number of carboxylic acids is 1. The lowest BCUT2D eigenvalue weighted by Crippen LogP contribution is -2.14. The summed E-state index contributed by atoms with van der Waals surface area (Å²) in [4.78, 5) is 22.6. The van der Waals surface area contributed by atoms with Crippen LogP contribution < -0.4 is 14.8 Å². The highest BCUT2D eigenvalue weighted by Crippen LogP contribution is 2.22. The first-order valence-corrected chi connectivity index (χ1v) is 8.80. The number of nitrogens with one attached hydrogen (secondary N) is 1. The van der Waals surface area contributed by atoms with E-state index in [0.717, 1.165) is 11.3 Å². The quantitative estimate of drug-likeness (QED) is 0.654. The van der Waals surface area contributed by atoms with Crippen LogP contribution in [0.1, 0.15) is 29.5 Å². The van der Waals surface area contributed by atoms with E-state index in [0.29, 0.717) is 30.9 Å². The van der Waals surface area contributed by atoms with Gasteiger partial charge in [-0.3, -0.25) is 4.79 Å². The zero-order chi connectivity index (χ0) is 19.8. The number of carboxylic acid groups (broad SMARTS) is 1. The van der Waals surface area contributed by atoms with Crippen LogP contribution in [0.2, 0.25) is 0 Å². The van der Waals surface area contributed by atoms with Crippen LogP contribution in [0.3, 0.4) is 0 Å². The van der Waals surface area contributed by atoms with Crippen LogP contribution in [0.15, 0.2) is 36.4 Å². The summed E-state index contributed by atoms with van der Waals surface area (Å²) in [7, 11) is 0. The summed E-state index contributed by atoms with van der Waals surface area (Å²) in [5, 5.41) is 11.5. The number of aryl methyl sites for hydroxylation is 3. The Balaban J connectivity index is 1.76. The highest BCUT2D eigenvalue weighted by molar-refractivity contribution is 5.91. The molecule has 0 unspecified atom stereocenters. The molecular formula is C21H25NO5. The lowest BCUT2D eigenvalue weighted by atomic mass is 10.1. The van der Waals surface area contributed by atoms with E-state index in [2.05, 4.69) is 12.2 Å². The lowest BCUT2D eigenvalue weighted by molar-refractivity contribution is -0.139. The maximum Gasteiger partial charge on any atom is 0.341 e. The van der Waals surface area contributed by atoms with Crippen molar-refractivity contribution < 1.29 is 24.2 Å². The molecule has 2 aromatic rings. The van der Waals surface area contributed by atoms with E-state index in [-0.39, 0.29) is 5.91 Å². The first kappa shape index (κ1) is 20.3. The fourth-order valence-corrected chi connectivity index (χ4v) is 2.45. The minimum absolute atomic E-state index is 0.0963. The van der Waals surface area contributed by atoms with Crippen LogP contribution in [-0.2, 0) is 9.59 Å². The van der Waals surface area contributed by atoms with Crippen molar-refractivity contribution in [1.82, 2.24) is 0 Å². The Bertz CT molecular complexity index is 816. The van der Waals surface area contributed by atoms with Gasteiger partial charge in [-0.15, -0.1) is 0 Å². The zero-order valence-corrected chi connectivity index (χ0v) is 15.9. The van der Waals surface area contributed by atoms with E-state index in [4.69, 9.17) is 14.6 Å². The van der Waals surface area contributed by atoms with Crippen LogP contribution in [-0.4, -0.2) is 30.2 Å². The van der Waals surface area contributed by atoms with E-state index >= 15 is 0 Å². The third-order valence-corrected chi connectivity index (χ3v) is 4.13. The molecule has 6 nitrogen and oxygen atoms in total. The van der Waals surface area contributed by atoms with Gasteiger partial charge in [0.25, 0.3) is 0 Å². The van der Waals surface area contributed by atoms with Gasteiger partial charge in [-0.2, -0.15) is 0 Å². The Morgan fingerprint density at radius 2 is 1.59 bits per heavy atom. The summed E-state index contributed by atoms with van der Waals surface area (Å²) in [6.45, 7) is 5.99. The molecule has 0 bridgehead atoms. The van der Waals surface area contributed by atoms with E-state index in [1.54, 1.807) is 18.2 Å². The van der Waals surface area contributed by atoms with Gasteiger partial charge in [0, 0.05) is 12.1 Å². The number of hydrogen-bond acceptors (Lipinski definition) is 4. The van der Waals surface area contributed by atoms with Crippen molar-refractivity contribution in [3.8, 4) is 11.5 Å². The maximum absolute atomic E-state index is 12.1. The van der Waals surface area contributed by atoms with Gasteiger partial charge < -0.3 is 19.9 Å². The number of anilines is 1. The minimum Gasteiger partial charge on any atom is -0.494 e. The first-order valence-electron chi connectivity index (χ1n) is 8.80. The molecule has 0 aromatic heterocycles. The second-order valence-corrected chi connectivity index (χ2v) is 6.41. The summed E-state index contributed by atoms with van der Waals surface area (Å²) in [5.74, 6) is 0.134. The first-order chi connectivity index (χ1) is 12.8. The molecule has 1 amide bonds. The van der Waals surface area contributed by atoms with Crippen molar-refractivity contribution in [1.29, 1.82) is 0 Å². The van der Waals surface area contributed by atoms with Crippen molar-refractivity contribution >= 4 is 17.6 Å². The summed E-state index contributed by atoms with van der Waals surface area (Å²) < 4.78 is 10.8. The van der Waals surface area contributed by atoms with Crippen LogP contribution in [0.4, 0.5) is 5.69 Å². The van der Waals surface area contributed by atoms with Crippen molar-refractivity contribution in [2.24, 2.45) is 0 Å². The van der Waals surface area contributed by atoms with Crippen LogP contribution >= 0.6 is 0 Å². The molecule has 0 aliphatic carbocycles. The van der Waals surface area contributed by atoms with E-state index in [1.807, 2.05) is 32.0 Å². The van der Waals surface area contributed by atoms with E-state index in [1.165, 1.54) is 11.1 Å². The van der Waals surface area contributed by atoms with Crippen LogP contribution in [0, 0.1) is 20.8 Å². The predicted molar refractivity (Wildman–Crippen MR) is 104 cm³/mol. The number of ether oxygens (including phenoxy) is 2. The normalized spacial score (nSPS) is 10.3. The molecule has 0 fully saturated rings. The fourth-order valence-electron chi connectivity index (χ4n) is 2.45. The Labute approximate surface area is 159 Å². The van der Waals surface area contributed by atoms with Crippen molar-refractivity contribution in [3.63, 3.8) is 0 Å². The molecule has 0 aliphatic rings. The fraction of sp³-hybridized carbons (Fsp3) is 0.333. The monoisotopic (exact) mass is 371 g/mol. The summed E-state index contributed by atoms with van der Waals surface area (Å²) in [5.41, 5.74) is 3.88.